The number of hydrogen-bond donors (Lipinski definition) is 1. The molecule has 0 bridgehead atoms. The molecule has 0 aliphatic rings. The van der Waals surface area contributed by atoms with E-state index < -0.39 is 17.9 Å². The van der Waals surface area contributed by atoms with E-state index in [9.17, 15) is 9.59 Å². The average molecular weight is 524 g/mol. The number of rotatable bonds is 9. The SMILES string of the molecule is COc1ccc(-c2oc3ccccc3c(=O)c2OCC(=O)Nc2ccc(Oc3ccccc3)cc2)cc1OC. The number of anilines is 1. The molecule has 1 heterocycles. The summed E-state index contributed by atoms with van der Waals surface area (Å²) in [6, 6.07) is 28.3. The highest BCUT2D eigenvalue weighted by Gasteiger charge is 2.20. The third-order valence-electron chi connectivity index (χ3n) is 5.87. The molecule has 39 heavy (non-hydrogen) atoms. The van der Waals surface area contributed by atoms with Crippen LogP contribution in [0.4, 0.5) is 5.69 Å². The van der Waals surface area contributed by atoms with Crippen molar-refractivity contribution in [1.82, 2.24) is 0 Å². The number of carbonyl (C=O) groups is 1. The van der Waals surface area contributed by atoms with E-state index in [0.717, 1.165) is 0 Å². The average Bonchev–Trinajstić information content (AvgIpc) is 2.97. The van der Waals surface area contributed by atoms with Crippen LogP contribution in [0.1, 0.15) is 0 Å². The Labute approximate surface area is 224 Å². The maximum absolute atomic E-state index is 13.4. The summed E-state index contributed by atoms with van der Waals surface area (Å²) in [4.78, 5) is 26.1. The lowest BCUT2D eigenvalue weighted by Crippen LogP contribution is -2.22. The second-order valence-corrected chi connectivity index (χ2v) is 8.43. The predicted molar refractivity (Wildman–Crippen MR) is 148 cm³/mol. The topological polar surface area (TPSA) is 96.2 Å². The minimum absolute atomic E-state index is 0.0809. The van der Waals surface area contributed by atoms with Crippen molar-refractivity contribution in [2.45, 2.75) is 0 Å². The summed E-state index contributed by atoms with van der Waals surface area (Å²) in [7, 11) is 3.05. The Kier molecular flexibility index (Phi) is 7.45. The van der Waals surface area contributed by atoms with E-state index in [1.807, 2.05) is 30.3 Å². The highest BCUT2D eigenvalue weighted by atomic mass is 16.5. The molecule has 1 amide bonds. The number of ether oxygens (including phenoxy) is 4. The Balaban J connectivity index is 1.36. The van der Waals surface area contributed by atoms with Crippen LogP contribution in [-0.4, -0.2) is 26.7 Å². The zero-order chi connectivity index (χ0) is 27.2. The largest absolute Gasteiger partial charge is 0.493 e. The van der Waals surface area contributed by atoms with Crippen LogP contribution in [0.3, 0.4) is 0 Å². The molecule has 8 nitrogen and oxygen atoms in total. The molecule has 0 radical (unpaired) electrons. The smallest absolute Gasteiger partial charge is 0.262 e. The number of methoxy groups -OCH3 is 2. The fraction of sp³-hybridized carbons (Fsp3) is 0.0968. The van der Waals surface area contributed by atoms with E-state index in [1.54, 1.807) is 66.7 Å². The molecule has 0 aliphatic carbocycles. The van der Waals surface area contributed by atoms with Crippen molar-refractivity contribution < 1.29 is 28.2 Å². The molecule has 0 spiro atoms. The summed E-state index contributed by atoms with van der Waals surface area (Å²) >= 11 is 0. The molecule has 0 unspecified atom stereocenters. The molecule has 0 saturated heterocycles. The van der Waals surface area contributed by atoms with Gasteiger partial charge in [0.25, 0.3) is 5.91 Å². The Morgan fingerprint density at radius 2 is 1.49 bits per heavy atom. The van der Waals surface area contributed by atoms with E-state index >= 15 is 0 Å². The van der Waals surface area contributed by atoms with Gasteiger partial charge in [0.1, 0.15) is 17.1 Å². The van der Waals surface area contributed by atoms with Crippen LogP contribution in [0.5, 0.6) is 28.7 Å². The number of fused-ring (bicyclic) bond motifs is 1. The quantitative estimate of drug-likeness (QED) is 0.243. The maximum atomic E-state index is 13.4. The lowest BCUT2D eigenvalue weighted by molar-refractivity contribution is -0.118. The van der Waals surface area contributed by atoms with Gasteiger partial charge in [-0.25, -0.2) is 0 Å². The van der Waals surface area contributed by atoms with Gasteiger partial charge in [-0.05, 0) is 66.7 Å². The minimum Gasteiger partial charge on any atom is -0.493 e. The minimum atomic E-state index is -0.447. The normalized spacial score (nSPS) is 10.6. The molecular formula is C31H25NO7. The highest BCUT2D eigenvalue weighted by Crippen LogP contribution is 2.36. The maximum Gasteiger partial charge on any atom is 0.262 e. The van der Waals surface area contributed by atoms with E-state index in [4.69, 9.17) is 23.4 Å². The summed E-state index contributed by atoms with van der Waals surface area (Å²) in [5.41, 5.74) is 1.08. The molecule has 8 heteroatoms. The third kappa shape index (κ3) is 5.70. The molecule has 1 N–H and O–H groups in total. The van der Waals surface area contributed by atoms with Crippen LogP contribution in [-0.2, 0) is 4.79 Å². The van der Waals surface area contributed by atoms with Gasteiger partial charge in [-0.15, -0.1) is 0 Å². The number of benzene rings is 4. The first kappa shape index (κ1) is 25.4. The lowest BCUT2D eigenvalue weighted by Gasteiger charge is -2.14. The summed E-state index contributed by atoms with van der Waals surface area (Å²) in [6.07, 6.45) is 0. The van der Waals surface area contributed by atoms with Crippen LogP contribution >= 0.6 is 0 Å². The summed E-state index contributed by atoms with van der Waals surface area (Å²) < 4.78 is 28.4. The van der Waals surface area contributed by atoms with Crippen molar-refractivity contribution in [3.63, 3.8) is 0 Å². The van der Waals surface area contributed by atoms with Crippen molar-refractivity contribution in [3.8, 4) is 40.1 Å². The molecule has 1 aromatic heterocycles. The molecule has 0 atom stereocenters. The standard InChI is InChI=1S/C31H25NO7/c1-35-26-17-12-20(18-27(26)36-2)30-31(29(34)24-10-6-7-11-25(24)39-30)37-19-28(33)32-21-13-15-23(16-14-21)38-22-8-4-3-5-9-22/h3-18H,19H2,1-2H3,(H,32,33). The van der Waals surface area contributed by atoms with Crippen LogP contribution in [0.2, 0.25) is 0 Å². The molecule has 0 saturated carbocycles. The van der Waals surface area contributed by atoms with Gasteiger partial charge in [0, 0.05) is 11.3 Å². The van der Waals surface area contributed by atoms with Crippen LogP contribution in [0.25, 0.3) is 22.3 Å². The molecule has 5 rings (SSSR count). The van der Waals surface area contributed by atoms with Gasteiger partial charge >= 0.3 is 0 Å². The Hall–Kier alpha value is -5.24. The Morgan fingerprint density at radius 3 is 2.23 bits per heavy atom. The molecule has 4 aromatic carbocycles. The molecule has 0 fully saturated rings. The second-order valence-electron chi connectivity index (χ2n) is 8.43. The first-order valence-electron chi connectivity index (χ1n) is 12.1. The summed E-state index contributed by atoms with van der Waals surface area (Å²) in [5.74, 6) is 1.96. The van der Waals surface area contributed by atoms with E-state index in [0.29, 0.717) is 45.2 Å². The van der Waals surface area contributed by atoms with Crippen molar-refractivity contribution in [2.75, 3.05) is 26.1 Å². The predicted octanol–water partition coefficient (Wildman–Crippen LogP) is 6.29. The second kappa shape index (κ2) is 11.4. The lowest BCUT2D eigenvalue weighted by atomic mass is 10.1. The van der Waals surface area contributed by atoms with Gasteiger partial charge in [-0.3, -0.25) is 9.59 Å². The van der Waals surface area contributed by atoms with E-state index in [-0.39, 0.29) is 11.5 Å². The van der Waals surface area contributed by atoms with Gasteiger partial charge in [-0.1, -0.05) is 30.3 Å². The molecule has 5 aromatic rings. The van der Waals surface area contributed by atoms with Crippen LogP contribution < -0.4 is 29.7 Å². The first-order chi connectivity index (χ1) is 19.1. The molecular weight excluding hydrogens is 498 g/mol. The van der Waals surface area contributed by atoms with Gasteiger partial charge in [0.05, 0.1) is 19.6 Å². The van der Waals surface area contributed by atoms with Crippen molar-refractivity contribution >= 4 is 22.6 Å². The summed E-state index contributed by atoms with van der Waals surface area (Å²) in [5, 5.41) is 3.10. The fourth-order valence-corrected chi connectivity index (χ4v) is 3.99. The van der Waals surface area contributed by atoms with E-state index in [2.05, 4.69) is 5.32 Å². The van der Waals surface area contributed by atoms with Gasteiger partial charge in [0.15, 0.2) is 23.9 Å². The number of carbonyl (C=O) groups excluding carboxylic acids is 1. The summed E-state index contributed by atoms with van der Waals surface area (Å²) in [6.45, 7) is -0.411. The Bertz CT molecular complexity index is 1660. The Morgan fingerprint density at radius 1 is 0.795 bits per heavy atom. The van der Waals surface area contributed by atoms with Gasteiger partial charge < -0.3 is 28.7 Å². The van der Waals surface area contributed by atoms with Crippen LogP contribution in [0.15, 0.2) is 106 Å². The third-order valence-corrected chi connectivity index (χ3v) is 5.87. The van der Waals surface area contributed by atoms with Crippen molar-refractivity contribution in [2.24, 2.45) is 0 Å². The fourth-order valence-electron chi connectivity index (χ4n) is 3.99. The number of nitrogens with one attached hydrogen (secondary N) is 1. The highest BCUT2D eigenvalue weighted by molar-refractivity contribution is 5.92. The number of amides is 1. The van der Waals surface area contributed by atoms with Crippen molar-refractivity contribution in [1.29, 1.82) is 0 Å². The van der Waals surface area contributed by atoms with Gasteiger partial charge in [-0.2, -0.15) is 0 Å². The first-order valence-corrected chi connectivity index (χ1v) is 12.1. The van der Waals surface area contributed by atoms with Crippen molar-refractivity contribution in [3.05, 3.63) is 107 Å². The molecule has 0 aliphatic heterocycles. The number of para-hydroxylation sites is 2. The van der Waals surface area contributed by atoms with Crippen LogP contribution in [0, 0.1) is 0 Å². The molecule has 196 valence electrons. The monoisotopic (exact) mass is 523 g/mol. The zero-order valence-corrected chi connectivity index (χ0v) is 21.3. The zero-order valence-electron chi connectivity index (χ0n) is 21.3. The van der Waals surface area contributed by atoms with E-state index in [1.165, 1.54) is 14.2 Å². The number of hydrogen-bond acceptors (Lipinski definition) is 7. The van der Waals surface area contributed by atoms with Gasteiger partial charge in [0.2, 0.25) is 11.2 Å².